The second-order valence-corrected chi connectivity index (χ2v) is 2.31. The molecule has 1 atom stereocenters. The van der Waals surface area contributed by atoms with Crippen LogP contribution in [0.3, 0.4) is 0 Å². The number of nitrogens with one attached hydrogen (secondary N) is 1. The van der Waals surface area contributed by atoms with E-state index in [9.17, 15) is 9.59 Å². The first-order valence-corrected chi connectivity index (χ1v) is 3.70. The summed E-state index contributed by atoms with van der Waals surface area (Å²) in [5, 5.41) is 2.24. The van der Waals surface area contributed by atoms with Crippen LogP contribution < -0.4 is 11.1 Å². The lowest BCUT2D eigenvalue weighted by molar-refractivity contribution is -0.129. The van der Waals surface area contributed by atoms with E-state index in [1.807, 2.05) is 0 Å². The van der Waals surface area contributed by atoms with Crippen LogP contribution in [0.15, 0.2) is 10.7 Å². The van der Waals surface area contributed by atoms with E-state index < -0.39 is 12.0 Å². The lowest BCUT2D eigenvalue weighted by Crippen LogP contribution is -2.48. The standard InChI is InChI=1S/C7H9N3O3/c1-2-13-5-4(3-11)9-7(8)10-6(5)12/h5H,2H2,1H3,(H3,8,9,10,12). The molecule has 1 unspecified atom stereocenters. The third-order valence-corrected chi connectivity index (χ3v) is 1.42. The molecule has 0 aromatic carbocycles. The van der Waals surface area contributed by atoms with Crippen LogP contribution in [0.2, 0.25) is 0 Å². The molecule has 0 aromatic heterocycles. The van der Waals surface area contributed by atoms with Crippen LogP contribution in [0.4, 0.5) is 0 Å². The molecule has 3 N–H and O–H groups in total. The maximum atomic E-state index is 11.2. The van der Waals surface area contributed by atoms with E-state index >= 15 is 0 Å². The lowest BCUT2D eigenvalue weighted by Gasteiger charge is -2.19. The summed E-state index contributed by atoms with van der Waals surface area (Å²) in [6.07, 6.45) is -0.991. The van der Waals surface area contributed by atoms with Gasteiger partial charge in [-0.15, -0.1) is 0 Å². The molecule has 0 fully saturated rings. The highest BCUT2D eigenvalue weighted by atomic mass is 16.5. The SMILES string of the molecule is CCOC1C(=O)NC(N)=NC1=C=O. The van der Waals surface area contributed by atoms with Crippen LogP contribution in [0, 0.1) is 0 Å². The molecule has 70 valence electrons. The Labute approximate surface area is 74.5 Å². The third-order valence-electron chi connectivity index (χ3n) is 1.42. The molecule has 6 nitrogen and oxygen atoms in total. The third kappa shape index (κ3) is 1.93. The molecule has 1 heterocycles. The number of carbonyl (C=O) groups excluding carboxylic acids is 2. The van der Waals surface area contributed by atoms with Crippen LogP contribution in [0.25, 0.3) is 0 Å². The van der Waals surface area contributed by atoms with Gasteiger partial charge in [-0.2, -0.15) is 0 Å². The Morgan fingerprint density at radius 2 is 2.46 bits per heavy atom. The molecule has 0 aliphatic carbocycles. The summed E-state index contributed by atoms with van der Waals surface area (Å²) in [6.45, 7) is 2.01. The molecule has 6 heteroatoms. The Morgan fingerprint density at radius 3 is 3.00 bits per heavy atom. The summed E-state index contributed by atoms with van der Waals surface area (Å²) in [7, 11) is 0. The van der Waals surface area contributed by atoms with Crippen molar-refractivity contribution in [3.8, 4) is 0 Å². The summed E-state index contributed by atoms with van der Waals surface area (Å²) in [4.78, 5) is 25.1. The molecule has 1 aliphatic heterocycles. The highest BCUT2D eigenvalue weighted by Gasteiger charge is 2.29. The molecule has 0 radical (unpaired) electrons. The number of hydrogen-bond acceptors (Lipinski definition) is 5. The van der Waals surface area contributed by atoms with Gasteiger partial charge in [0.15, 0.2) is 17.7 Å². The fourth-order valence-electron chi connectivity index (χ4n) is 0.930. The molecule has 0 saturated carbocycles. The second kappa shape index (κ2) is 3.84. The molecule has 1 aliphatic rings. The van der Waals surface area contributed by atoms with E-state index in [4.69, 9.17) is 10.5 Å². The number of carbonyl (C=O) groups is 1. The topological polar surface area (TPSA) is 93.8 Å². The van der Waals surface area contributed by atoms with Crippen molar-refractivity contribution in [3.05, 3.63) is 5.70 Å². The molecule has 0 saturated heterocycles. The van der Waals surface area contributed by atoms with Gasteiger partial charge in [0, 0.05) is 6.61 Å². The predicted octanol–water partition coefficient (Wildman–Crippen LogP) is -1.45. The van der Waals surface area contributed by atoms with Gasteiger partial charge in [-0.05, 0) is 6.92 Å². The number of hydrogen-bond donors (Lipinski definition) is 2. The van der Waals surface area contributed by atoms with Crippen molar-refractivity contribution in [3.63, 3.8) is 0 Å². The quantitative estimate of drug-likeness (QED) is 0.512. The molecular formula is C7H9N3O3. The van der Waals surface area contributed by atoms with Crippen LogP contribution in [0.1, 0.15) is 6.92 Å². The zero-order valence-electron chi connectivity index (χ0n) is 7.03. The summed E-state index contributed by atoms with van der Waals surface area (Å²) in [6, 6.07) is 0. The van der Waals surface area contributed by atoms with Crippen molar-refractivity contribution in [1.29, 1.82) is 0 Å². The molecule has 0 spiro atoms. The zero-order valence-corrected chi connectivity index (χ0v) is 7.03. The normalized spacial score (nSPS) is 21.9. The summed E-state index contributed by atoms with van der Waals surface area (Å²) in [5.41, 5.74) is 5.09. The van der Waals surface area contributed by atoms with Crippen molar-refractivity contribution < 1.29 is 14.3 Å². The van der Waals surface area contributed by atoms with Crippen molar-refractivity contribution in [1.82, 2.24) is 5.32 Å². The average Bonchev–Trinajstić information content (AvgIpc) is 2.09. The highest BCUT2D eigenvalue weighted by Crippen LogP contribution is 2.08. The number of rotatable bonds is 2. The van der Waals surface area contributed by atoms with Gasteiger partial charge in [0.25, 0.3) is 5.91 Å². The molecule has 13 heavy (non-hydrogen) atoms. The molecule has 0 aromatic rings. The number of aliphatic imine (C=N–C) groups is 1. The monoisotopic (exact) mass is 183 g/mol. The van der Waals surface area contributed by atoms with Gasteiger partial charge in [0.05, 0.1) is 0 Å². The van der Waals surface area contributed by atoms with Crippen molar-refractivity contribution in [2.45, 2.75) is 13.0 Å². The van der Waals surface area contributed by atoms with E-state index in [1.165, 1.54) is 5.94 Å². The van der Waals surface area contributed by atoms with Crippen molar-refractivity contribution in [2.75, 3.05) is 6.61 Å². The minimum atomic E-state index is -0.991. The van der Waals surface area contributed by atoms with Crippen LogP contribution in [-0.4, -0.2) is 30.5 Å². The van der Waals surface area contributed by atoms with Gasteiger partial charge in [0.2, 0.25) is 5.96 Å². The van der Waals surface area contributed by atoms with Crippen LogP contribution in [-0.2, 0) is 14.3 Å². The number of ether oxygens (including phenoxy) is 1. The van der Waals surface area contributed by atoms with E-state index in [-0.39, 0.29) is 11.7 Å². The maximum Gasteiger partial charge on any atom is 0.262 e. The van der Waals surface area contributed by atoms with E-state index in [2.05, 4.69) is 10.3 Å². The van der Waals surface area contributed by atoms with E-state index in [0.717, 1.165) is 0 Å². The van der Waals surface area contributed by atoms with Gasteiger partial charge >= 0.3 is 0 Å². The molecular weight excluding hydrogens is 174 g/mol. The van der Waals surface area contributed by atoms with Gasteiger partial charge in [-0.3, -0.25) is 10.1 Å². The van der Waals surface area contributed by atoms with Crippen molar-refractivity contribution in [2.24, 2.45) is 10.7 Å². The zero-order chi connectivity index (χ0) is 9.84. The molecule has 0 bridgehead atoms. The average molecular weight is 183 g/mol. The Kier molecular flexibility index (Phi) is 2.79. The maximum absolute atomic E-state index is 11.2. The van der Waals surface area contributed by atoms with Crippen LogP contribution >= 0.6 is 0 Å². The minimum absolute atomic E-state index is 0.112. The van der Waals surface area contributed by atoms with Crippen LogP contribution in [0.5, 0.6) is 0 Å². The van der Waals surface area contributed by atoms with Gasteiger partial charge in [0.1, 0.15) is 0 Å². The number of guanidine groups is 1. The Balaban J connectivity index is 2.94. The second-order valence-electron chi connectivity index (χ2n) is 2.31. The summed E-state index contributed by atoms with van der Waals surface area (Å²) >= 11 is 0. The van der Waals surface area contributed by atoms with Gasteiger partial charge in [-0.1, -0.05) is 0 Å². The van der Waals surface area contributed by atoms with Gasteiger partial charge in [-0.25, -0.2) is 9.79 Å². The van der Waals surface area contributed by atoms with E-state index in [1.54, 1.807) is 6.92 Å². The number of amides is 1. The molecule has 1 rings (SSSR count). The number of nitrogens with two attached hydrogens (primary N) is 1. The Hall–Kier alpha value is -1.65. The summed E-state index contributed by atoms with van der Waals surface area (Å²) < 4.78 is 4.97. The smallest absolute Gasteiger partial charge is 0.262 e. The summed E-state index contributed by atoms with van der Waals surface area (Å²) in [5.74, 6) is 0.908. The first kappa shape index (κ1) is 9.44. The first-order valence-electron chi connectivity index (χ1n) is 3.70. The number of nitrogens with zero attached hydrogens (tertiary/aromatic N) is 1. The minimum Gasteiger partial charge on any atom is -0.369 e. The van der Waals surface area contributed by atoms with Gasteiger partial charge < -0.3 is 10.5 Å². The fraction of sp³-hybridized carbons (Fsp3) is 0.429. The Morgan fingerprint density at radius 1 is 1.77 bits per heavy atom. The lowest BCUT2D eigenvalue weighted by atomic mass is 10.2. The van der Waals surface area contributed by atoms with Crippen molar-refractivity contribution >= 4 is 17.8 Å². The predicted molar refractivity (Wildman–Crippen MR) is 44.4 cm³/mol. The first-order chi connectivity index (χ1) is 6.19. The largest absolute Gasteiger partial charge is 0.369 e. The fourth-order valence-corrected chi connectivity index (χ4v) is 0.930. The molecule has 1 amide bonds. The highest BCUT2D eigenvalue weighted by molar-refractivity contribution is 6.03. The van der Waals surface area contributed by atoms with E-state index in [0.29, 0.717) is 6.61 Å². The Bertz CT molecular complexity index is 304.